The van der Waals surface area contributed by atoms with Crippen molar-refractivity contribution in [1.29, 1.82) is 0 Å². The fourth-order valence-corrected chi connectivity index (χ4v) is 2.71. The molecule has 3 fully saturated rings. The number of hydrogen-bond donors (Lipinski definition) is 0. The highest BCUT2D eigenvalue weighted by molar-refractivity contribution is 5.62. The molecule has 0 aromatic heterocycles. The minimum atomic E-state index is -0.707. The zero-order valence-electron chi connectivity index (χ0n) is 12.1. The molecule has 0 saturated carbocycles. The van der Waals surface area contributed by atoms with E-state index >= 15 is 0 Å². The normalized spacial score (nSPS) is 42.5. The van der Waals surface area contributed by atoms with Gasteiger partial charge in [0.2, 0.25) is 0 Å². The third-order valence-corrected chi connectivity index (χ3v) is 3.58. The van der Waals surface area contributed by atoms with Crippen molar-refractivity contribution in [3.63, 3.8) is 0 Å². The molecule has 3 heterocycles. The van der Waals surface area contributed by atoms with E-state index in [-0.39, 0.29) is 12.2 Å². The molecule has 0 N–H and O–H groups in total. The molecule has 0 radical (unpaired) electrons. The molecule has 20 heavy (non-hydrogen) atoms. The standard InChI is InChI=1S/C13H20O7/c1-12(2)15-5-7(19-12)9-10(18-11(14)17-9)8-6-16-13(3,4)20-8/h7-10H,5-6H2,1-4H3/t7-,8-,9-,10-/m0/s1. The fourth-order valence-electron chi connectivity index (χ4n) is 2.71. The van der Waals surface area contributed by atoms with Crippen LogP contribution in [0.4, 0.5) is 4.79 Å². The Bertz CT molecular complexity index is 370. The molecular formula is C13H20O7. The van der Waals surface area contributed by atoms with Crippen LogP contribution in [0.5, 0.6) is 0 Å². The lowest BCUT2D eigenvalue weighted by Crippen LogP contribution is -2.45. The summed E-state index contributed by atoms with van der Waals surface area (Å²) in [5, 5.41) is 0. The van der Waals surface area contributed by atoms with Crippen LogP contribution < -0.4 is 0 Å². The van der Waals surface area contributed by atoms with Gasteiger partial charge in [0, 0.05) is 0 Å². The van der Waals surface area contributed by atoms with Crippen LogP contribution in [-0.2, 0) is 28.4 Å². The molecule has 0 bridgehead atoms. The van der Waals surface area contributed by atoms with Gasteiger partial charge in [-0.15, -0.1) is 0 Å². The summed E-state index contributed by atoms with van der Waals surface area (Å²) >= 11 is 0. The van der Waals surface area contributed by atoms with Crippen LogP contribution in [0.1, 0.15) is 27.7 Å². The molecular weight excluding hydrogens is 268 g/mol. The second-order valence-corrected chi connectivity index (χ2v) is 6.15. The zero-order chi connectivity index (χ0) is 14.5. The van der Waals surface area contributed by atoms with Crippen molar-refractivity contribution in [3.05, 3.63) is 0 Å². The zero-order valence-corrected chi connectivity index (χ0v) is 12.1. The molecule has 0 amide bonds. The molecule has 7 nitrogen and oxygen atoms in total. The molecule has 4 atom stereocenters. The summed E-state index contributed by atoms with van der Waals surface area (Å²) in [5.74, 6) is -1.37. The van der Waals surface area contributed by atoms with E-state index in [1.54, 1.807) is 0 Å². The van der Waals surface area contributed by atoms with E-state index in [0.29, 0.717) is 13.2 Å². The summed E-state index contributed by atoms with van der Waals surface area (Å²) in [6.45, 7) is 7.97. The average molecular weight is 288 g/mol. The molecule has 0 aliphatic carbocycles. The first-order valence-corrected chi connectivity index (χ1v) is 6.77. The monoisotopic (exact) mass is 288 g/mol. The Morgan fingerprint density at radius 1 is 0.850 bits per heavy atom. The number of ether oxygens (including phenoxy) is 6. The second kappa shape index (κ2) is 4.56. The van der Waals surface area contributed by atoms with Crippen LogP contribution in [0.2, 0.25) is 0 Å². The summed E-state index contributed by atoms with van der Waals surface area (Å²) < 4.78 is 33.0. The van der Waals surface area contributed by atoms with Gasteiger partial charge in [-0.1, -0.05) is 0 Å². The molecule has 3 aliphatic heterocycles. The van der Waals surface area contributed by atoms with Gasteiger partial charge in [0.1, 0.15) is 12.2 Å². The Labute approximate surface area is 117 Å². The van der Waals surface area contributed by atoms with E-state index in [2.05, 4.69) is 0 Å². The Kier molecular flexibility index (Phi) is 3.20. The van der Waals surface area contributed by atoms with Crippen LogP contribution in [-0.4, -0.2) is 55.4 Å². The van der Waals surface area contributed by atoms with Gasteiger partial charge >= 0.3 is 6.16 Å². The first-order chi connectivity index (χ1) is 9.26. The van der Waals surface area contributed by atoms with E-state index in [0.717, 1.165) is 0 Å². The molecule has 3 saturated heterocycles. The lowest BCUT2D eigenvalue weighted by atomic mass is 10.0. The van der Waals surface area contributed by atoms with Crippen LogP contribution in [0.25, 0.3) is 0 Å². The number of hydrogen-bond acceptors (Lipinski definition) is 7. The molecule has 0 unspecified atom stereocenters. The molecule has 0 aromatic carbocycles. The minimum absolute atomic E-state index is 0.349. The summed E-state index contributed by atoms with van der Waals surface area (Å²) in [6.07, 6.45) is -2.54. The van der Waals surface area contributed by atoms with E-state index in [1.807, 2.05) is 27.7 Å². The second-order valence-electron chi connectivity index (χ2n) is 6.15. The smallest absolute Gasteiger partial charge is 0.424 e. The van der Waals surface area contributed by atoms with Gasteiger partial charge < -0.3 is 28.4 Å². The number of carbonyl (C=O) groups is 1. The molecule has 0 aromatic rings. The minimum Gasteiger partial charge on any atom is -0.424 e. The van der Waals surface area contributed by atoms with Gasteiger partial charge in [0.15, 0.2) is 23.8 Å². The lowest BCUT2D eigenvalue weighted by molar-refractivity contribution is -0.165. The van der Waals surface area contributed by atoms with Gasteiger partial charge in [-0.3, -0.25) is 0 Å². The SMILES string of the molecule is CC1(C)OC[C@@H]([C@@H]2OC(=O)O[C@H]2[C@@H]2COC(C)(C)O2)O1. The summed E-state index contributed by atoms with van der Waals surface area (Å²) in [5.41, 5.74) is 0. The summed E-state index contributed by atoms with van der Waals surface area (Å²) in [7, 11) is 0. The number of cyclic esters (lactones) is 2. The molecule has 114 valence electrons. The van der Waals surface area contributed by atoms with Gasteiger partial charge in [0.05, 0.1) is 13.2 Å². The van der Waals surface area contributed by atoms with E-state index in [1.165, 1.54) is 0 Å². The Morgan fingerprint density at radius 3 is 1.55 bits per heavy atom. The van der Waals surface area contributed by atoms with Crippen molar-refractivity contribution in [2.75, 3.05) is 13.2 Å². The lowest BCUT2D eigenvalue weighted by Gasteiger charge is -2.25. The largest absolute Gasteiger partial charge is 0.509 e. The van der Waals surface area contributed by atoms with Gasteiger partial charge in [-0.05, 0) is 27.7 Å². The summed E-state index contributed by atoms with van der Waals surface area (Å²) in [4.78, 5) is 11.5. The summed E-state index contributed by atoms with van der Waals surface area (Å²) in [6, 6.07) is 0. The average Bonchev–Trinajstić information content (AvgIpc) is 2.96. The maximum atomic E-state index is 11.5. The van der Waals surface area contributed by atoms with Gasteiger partial charge in [-0.2, -0.15) is 0 Å². The van der Waals surface area contributed by atoms with Crippen LogP contribution in [0.3, 0.4) is 0 Å². The van der Waals surface area contributed by atoms with Crippen LogP contribution in [0.15, 0.2) is 0 Å². The Balaban J connectivity index is 1.71. The van der Waals surface area contributed by atoms with E-state index in [4.69, 9.17) is 28.4 Å². The van der Waals surface area contributed by atoms with Crippen LogP contribution >= 0.6 is 0 Å². The van der Waals surface area contributed by atoms with Crippen molar-refractivity contribution in [3.8, 4) is 0 Å². The topological polar surface area (TPSA) is 72.5 Å². The maximum Gasteiger partial charge on any atom is 0.509 e. The van der Waals surface area contributed by atoms with Crippen molar-refractivity contribution >= 4 is 6.16 Å². The van der Waals surface area contributed by atoms with Crippen molar-refractivity contribution in [2.24, 2.45) is 0 Å². The predicted molar refractivity (Wildman–Crippen MR) is 65.0 cm³/mol. The van der Waals surface area contributed by atoms with Crippen molar-refractivity contribution in [1.82, 2.24) is 0 Å². The van der Waals surface area contributed by atoms with Crippen molar-refractivity contribution < 1.29 is 33.2 Å². The third-order valence-electron chi connectivity index (χ3n) is 3.58. The van der Waals surface area contributed by atoms with Gasteiger partial charge in [0.25, 0.3) is 0 Å². The number of rotatable bonds is 2. The fraction of sp³-hybridized carbons (Fsp3) is 0.923. The van der Waals surface area contributed by atoms with E-state index in [9.17, 15) is 4.79 Å². The van der Waals surface area contributed by atoms with Gasteiger partial charge in [-0.25, -0.2) is 4.79 Å². The molecule has 7 heteroatoms. The van der Waals surface area contributed by atoms with Crippen LogP contribution in [0, 0.1) is 0 Å². The highest BCUT2D eigenvalue weighted by Gasteiger charge is 2.53. The highest BCUT2D eigenvalue weighted by atomic mass is 16.8. The highest BCUT2D eigenvalue weighted by Crippen LogP contribution is 2.35. The molecule has 3 aliphatic rings. The first-order valence-electron chi connectivity index (χ1n) is 6.77. The maximum absolute atomic E-state index is 11.5. The molecule has 3 rings (SSSR count). The number of carbonyl (C=O) groups excluding carboxylic acids is 1. The Hall–Kier alpha value is -0.890. The Morgan fingerprint density at radius 2 is 1.25 bits per heavy atom. The third kappa shape index (κ3) is 2.63. The van der Waals surface area contributed by atoms with E-state index < -0.39 is 29.9 Å². The predicted octanol–water partition coefficient (Wildman–Crippen LogP) is 1.19. The van der Waals surface area contributed by atoms with Crippen molar-refractivity contribution in [2.45, 2.75) is 63.7 Å². The first kappa shape index (κ1) is 14.1. The quantitative estimate of drug-likeness (QED) is 0.707. The molecule has 0 spiro atoms.